The molecule has 0 amide bonds. The molecule has 2 radical (unpaired) electrons. The summed E-state index contributed by atoms with van der Waals surface area (Å²) in [5.41, 5.74) is 1.57. The van der Waals surface area contributed by atoms with Crippen molar-refractivity contribution in [3.8, 4) is 0 Å². The van der Waals surface area contributed by atoms with Crippen LogP contribution in [0.1, 0.15) is 81.1 Å². The van der Waals surface area contributed by atoms with Crippen LogP contribution in [0, 0.1) is 0 Å². The van der Waals surface area contributed by atoms with Crippen molar-refractivity contribution in [3.05, 3.63) is 0 Å². The fourth-order valence-electron chi connectivity index (χ4n) is 11.0. The second kappa shape index (κ2) is 11.8. The molecule has 2 fully saturated rings. The molecule has 10 heteroatoms. The number of hydrogen-bond donors (Lipinski definition) is 0. The Morgan fingerprint density at radius 2 is 0.750 bits per heavy atom. The van der Waals surface area contributed by atoms with Crippen LogP contribution < -0.4 is 0 Å². The average Bonchev–Trinajstić information content (AvgIpc) is 2.74. The molecule has 0 aromatic rings. The van der Waals surface area contributed by atoms with E-state index in [1.807, 2.05) is 0 Å². The van der Waals surface area contributed by atoms with Crippen molar-refractivity contribution >= 4 is 63.6 Å². The quantitative estimate of drug-likeness (QED) is 0.169. The predicted octanol–water partition coefficient (Wildman–Crippen LogP) is 10.4. The molecule has 236 valence electrons. The predicted molar refractivity (Wildman–Crippen MR) is 203 cm³/mol. The summed E-state index contributed by atoms with van der Waals surface area (Å²) < 4.78 is 16.0. The van der Waals surface area contributed by atoms with Gasteiger partial charge in [-0.15, -0.1) is 0 Å². The van der Waals surface area contributed by atoms with E-state index in [0.717, 1.165) is 20.7 Å². The Bertz CT molecular complexity index is 820. The van der Waals surface area contributed by atoms with Crippen molar-refractivity contribution in [3.63, 3.8) is 0 Å². The molecule has 2 aliphatic heterocycles. The molecular weight excluding hydrogens is 617 g/mol. The van der Waals surface area contributed by atoms with Crippen molar-refractivity contribution in [2.75, 3.05) is 0 Å². The number of fused-ring (bicyclic) bond motifs is 1. The van der Waals surface area contributed by atoms with Gasteiger partial charge in [0, 0.05) is 32.3 Å². The summed E-state index contributed by atoms with van der Waals surface area (Å²) in [6, 6.07) is 0. The lowest BCUT2D eigenvalue weighted by atomic mass is 10.2. The third-order valence-electron chi connectivity index (χ3n) is 11.0. The highest BCUT2D eigenvalue weighted by Crippen LogP contribution is 2.72. The SMILES string of the molecule is CCC1(CC)O[Si]2([Si](C(C)C)C([Si](C)(C)C)[Si](C)(C)C)OC(CC)(CC)[Si]12[Si](C(C)C)C([Si](C)(C)C)[Si](C)(C)C. The molecule has 2 nitrogen and oxygen atoms in total. The first-order chi connectivity index (χ1) is 17.8. The fourth-order valence-corrected chi connectivity index (χ4v) is 146. The summed E-state index contributed by atoms with van der Waals surface area (Å²) in [6.07, 6.45) is 4.94. The minimum absolute atomic E-state index is 0.161. The zero-order valence-corrected chi connectivity index (χ0v) is 39.0. The Balaban J connectivity index is 3.20. The van der Waals surface area contributed by atoms with E-state index in [0.29, 0.717) is 0 Å². The maximum atomic E-state index is 8.00. The van der Waals surface area contributed by atoms with Crippen molar-refractivity contribution in [2.45, 2.75) is 191 Å². The van der Waals surface area contributed by atoms with Gasteiger partial charge in [0.2, 0.25) is 0 Å². The summed E-state index contributed by atoms with van der Waals surface area (Å²) in [6.45, 7) is 53.6. The average molecular weight is 690 g/mol. The summed E-state index contributed by atoms with van der Waals surface area (Å²) in [7, 11) is -11.6. The first kappa shape index (κ1) is 37.8. The van der Waals surface area contributed by atoms with Gasteiger partial charge in [-0.1, -0.05) is 155 Å². The lowest BCUT2D eigenvalue weighted by molar-refractivity contribution is -0.0476. The topological polar surface area (TPSA) is 18.5 Å². The van der Waals surface area contributed by atoms with Gasteiger partial charge in [-0.25, -0.2) is 0 Å². The van der Waals surface area contributed by atoms with Gasteiger partial charge in [-0.05, 0) is 25.7 Å². The molecule has 2 rings (SSSR count). The summed E-state index contributed by atoms with van der Waals surface area (Å²) in [5.74, 6) is 0. The zero-order chi connectivity index (χ0) is 31.7. The van der Waals surface area contributed by atoms with Gasteiger partial charge in [0.25, 0.3) is 7.60 Å². The van der Waals surface area contributed by atoms with E-state index in [1.54, 1.807) is 0 Å². The van der Waals surface area contributed by atoms with Gasteiger partial charge in [0.15, 0.2) is 7.11 Å². The van der Waals surface area contributed by atoms with Gasteiger partial charge >= 0.3 is 0 Å². The maximum Gasteiger partial charge on any atom is 0.298 e. The van der Waals surface area contributed by atoms with Gasteiger partial charge in [0.1, 0.15) is 8.31 Å². The molecule has 0 saturated carbocycles. The van der Waals surface area contributed by atoms with Crippen LogP contribution in [0.4, 0.5) is 0 Å². The Labute approximate surface area is 261 Å². The second-order valence-corrected chi connectivity index (χ2v) is 68.4. The van der Waals surface area contributed by atoms with Gasteiger partial charge in [-0.2, -0.15) is 0 Å². The van der Waals surface area contributed by atoms with Crippen LogP contribution >= 0.6 is 0 Å². The van der Waals surface area contributed by atoms with Crippen LogP contribution in [-0.2, 0) is 8.85 Å². The Morgan fingerprint density at radius 1 is 0.500 bits per heavy atom. The van der Waals surface area contributed by atoms with E-state index < -0.39 is 63.6 Å². The molecule has 0 N–H and O–H groups in total. The van der Waals surface area contributed by atoms with E-state index in [-0.39, 0.29) is 10.4 Å². The molecule has 0 spiro atoms. The van der Waals surface area contributed by atoms with Crippen LogP contribution in [0.5, 0.6) is 0 Å². The lowest BCUT2D eigenvalue weighted by Gasteiger charge is -2.86. The van der Waals surface area contributed by atoms with Gasteiger partial charge < -0.3 is 8.85 Å². The van der Waals surface area contributed by atoms with E-state index in [4.69, 9.17) is 8.85 Å². The first-order valence-corrected chi connectivity index (χ1v) is 41.4. The molecule has 0 aromatic carbocycles. The molecule has 0 aromatic heterocycles. The van der Waals surface area contributed by atoms with E-state index in [9.17, 15) is 0 Å². The van der Waals surface area contributed by atoms with Crippen molar-refractivity contribution in [2.24, 2.45) is 0 Å². The van der Waals surface area contributed by atoms with Gasteiger partial charge in [0.05, 0.1) is 18.8 Å². The molecule has 0 bridgehead atoms. The highest BCUT2D eigenvalue weighted by atomic mass is 29.8. The Hall–Kier alpha value is 1.66. The molecular formula is C30H72O2Si8. The number of rotatable bonds is 14. The third-order valence-corrected chi connectivity index (χ3v) is 91.8. The number of hydrogen-bond acceptors (Lipinski definition) is 2. The van der Waals surface area contributed by atoms with E-state index in [1.165, 1.54) is 25.7 Å². The van der Waals surface area contributed by atoms with Crippen molar-refractivity contribution in [1.82, 2.24) is 0 Å². The van der Waals surface area contributed by atoms with Crippen LogP contribution in [0.15, 0.2) is 0 Å². The monoisotopic (exact) mass is 688 g/mol. The summed E-state index contributed by atoms with van der Waals surface area (Å²) in [4.78, 5) is 1.98. The largest absolute Gasteiger partial charge is 0.396 e. The molecule has 0 unspecified atom stereocenters. The summed E-state index contributed by atoms with van der Waals surface area (Å²) >= 11 is 0. The second-order valence-electron chi connectivity index (χ2n) is 18.5. The maximum absolute atomic E-state index is 8.00. The standard InChI is InChI=1S/C30H72O2Si8/c1-21-29(22-2)31-40(34(26(7)8)28(37(15,16)17)38(18,19)20)32-30(23-3,24-4)39(29,40)33(25(5)6)27(35(9,10)11)36(12,13)14/h25-28H,21-24H2,1-20H3. The van der Waals surface area contributed by atoms with Crippen molar-refractivity contribution < 1.29 is 8.85 Å². The van der Waals surface area contributed by atoms with Crippen LogP contribution in [0.25, 0.3) is 0 Å². The van der Waals surface area contributed by atoms with Crippen LogP contribution in [0.3, 0.4) is 0 Å². The van der Waals surface area contributed by atoms with E-state index in [2.05, 4.69) is 134 Å². The first-order valence-electron chi connectivity index (χ1n) is 16.9. The third kappa shape index (κ3) is 5.41. The minimum Gasteiger partial charge on any atom is -0.396 e. The smallest absolute Gasteiger partial charge is 0.298 e. The minimum atomic E-state index is -2.35. The normalized spacial score (nSPS) is 27.1. The Kier molecular flexibility index (Phi) is 11.1. The molecule has 0 atom stereocenters. The molecule has 2 aliphatic rings. The van der Waals surface area contributed by atoms with Gasteiger partial charge in [-0.3, -0.25) is 0 Å². The molecule has 2 heterocycles. The highest BCUT2D eigenvalue weighted by molar-refractivity contribution is 7.83. The van der Waals surface area contributed by atoms with E-state index >= 15 is 0 Å². The zero-order valence-electron chi connectivity index (χ0n) is 31.0. The molecule has 2 saturated heterocycles. The van der Waals surface area contributed by atoms with Crippen molar-refractivity contribution in [1.29, 1.82) is 0 Å². The highest BCUT2D eigenvalue weighted by Gasteiger charge is 2.97. The fraction of sp³-hybridized carbons (Fsp3) is 1.00. The lowest BCUT2D eigenvalue weighted by Crippen LogP contribution is -3.13. The molecule has 40 heavy (non-hydrogen) atoms. The Morgan fingerprint density at radius 3 is 0.950 bits per heavy atom. The van der Waals surface area contributed by atoms with Crippen LogP contribution in [-0.4, -0.2) is 74.1 Å². The molecule has 0 aliphatic carbocycles. The summed E-state index contributed by atoms with van der Waals surface area (Å²) in [5, 5.41) is 0.321. The van der Waals surface area contributed by atoms with Crippen LogP contribution in [0.2, 0.25) is 99.2 Å².